The molecule has 4 aromatic heterocycles. The number of hydrogen-bond acceptors (Lipinski definition) is 1. The van der Waals surface area contributed by atoms with E-state index in [-0.39, 0.29) is 0 Å². The smallest absolute Gasteiger partial charge is 0.0702 e. The second kappa shape index (κ2) is 8.05. The van der Waals surface area contributed by atoms with Gasteiger partial charge in [-0.25, -0.2) is 0 Å². The van der Waals surface area contributed by atoms with Crippen molar-refractivity contribution in [2.45, 2.75) is 0 Å². The topological polar surface area (TPSA) is 22.2 Å². The number of hydrogen-bond donors (Lipinski definition) is 0. The quantitative estimate of drug-likeness (QED) is 0.213. The predicted octanol–water partition coefficient (Wildman–Crippen LogP) is 9.56. The Balaban J connectivity index is 1.43. The van der Waals surface area contributed by atoms with Gasteiger partial charge in [0.15, 0.2) is 0 Å². The molecule has 5 aromatic carbocycles. The molecule has 0 aliphatic rings. The first-order valence-electron chi connectivity index (χ1n) is 13.6. The van der Waals surface area contributed by atoms with Crippen molar-refractivity contribution in [3.05, 3.63) is 140 Å². The van der Waals surface area contributed by atoms with Gasteiger partial charge in [0.2, 0.25) is 0 Å². The molecule has 0 fully saturated rings. The molecule has 186 valence electrons. The molecule has 4 heterocycles. The maximum atomic E-state index is 4.61. The Bertz CT molecular complexity index is 2430. The third kappa shape index (κ3) is 2.92. The lowest BCUT2D eigenvalue weighted by Crippen LogP contribution is -1.95. The summed E-state index contributed by atoms with van der Waals surface area (Å²) in [5.41, 5.74) is 9.30. The van der Waals surface area contributed by atoms with Gasteiger partial charge in [0.25, 0.3) is 0 Å². The van der Waals surface area contributed by atoms with Gasteiger partial charge in [-0.1, -0.05) is 78.9 Å². The zero-order chi connectivity index (χ0) is 26.2. The highest BCUT2D eigenvalue weighted by Gasteiger charge is 2.17. The van der Waals surface area contributed by atoms with Gasteiger partial charge in [0, 0.05) is 44.4 Å². The largest absolute Gasteiger partial charge is 0.309 e. The Hall–Kier alpha value is -5.41. The first kappa shape index (κ1) is 21.5. The van der Waals surface area contributed by atoms with Gasteiger partial charge in [-0.15, -0.1) is 0 Å². The molecule has 9 rings (SSSR count). The average molecular weight is 510 g/mol. The normalized spacial score (nSPS) is 12.0. The van der Waals surface area contributed by atoms with Crippen LogP contribution in [0.4, 0.5) is 0 Å². The zero-order valence-electron chi connectivity index (χ0n) is 21.6. The molecule has 0 N–H and O–H groups in total. The number of para-hydroxylation sites is 2. The summed E-state index contributed by atoms with van der Waals surface area (Å²) in [7, 11) is 0. The fourth-order valence-corrected chi connectivity index (χ4v) is 6.58. The van der Waals surface area contributed by atoms with Crippen LogP contribution in [-0.4, -0.2) is 14.0 Å². The van der Waals surface area contributed by atoms with E-state index in [0.29, 0.717) is 0 Å². The van der Waals surface area contributed by atoms with E-state index in [9.17, 15) is 0 Å². The maximum Gasteiger partial charge on any atom is 0.0702 e. The van der Waals surface area contributed by atoms with Gasteiger partial charge in [-0.2, -0.15) is 0 Å². The first-order chi connectivity index (χ1) is 19.8. The maximum absolute atomic E-state index is 4.61. The van der Waals surface area contributed by atoms with E-state index < -0.39 is 0 Å². The molecule has 0 amide bonds. The molecular formula is C37H23N3. The summed E-state index contributed by atoms with van der Waals surface area (Å²) >= 11 is 0. The lowest BCUT2D eigenvalue weighted by Gasteiger charge is -2.11. The van der Waals surface area contributed by atoms with E-state index in [0.717, 1.165) is 16.9 Å². The van der Waals surface area contributed by atoms with Crippen molar-refractivity contribution in [1.29, 1.82) is 0 Å². The molecule has 0 bridgehead atoms. The number of aromatic nitrogens is 3. The highest BCUT2D eigenvalue weighted by Crippen LogP contribution is 2.39. The van der Waals surface area contributed by atoms with Crippen LogP contribution in [0.15, 0.2) is 140 Å². The summed E-state index contributed by atoms with van der Waals surface area (Å²) in [4.78, 5) is 4.61. The van der Waals surface area contributed by atoms with Gasteiger partial charge >= 0.3 is 0 Å². The second-order valence-corrected chi connectivity index (χ2v) is 10.5. The zero-order valence-corrected chi connectivity index (χ0v) is 21.6. The van der Waals surface area contributed by atoms with E-state index in [2.05, 4.69) is 135 Å². The van der Waals surface area contributed by atoms with Crippen LogP contribution in [0.3, 0.4) is 0 Å². The Morgan fingerprint density at radius 1 is 0.425 bits per heavy atom. The molecule has 0 saturated carbocycles. The number of rotatable bonds is 2. The van der Waals surface area contributed by atoms with Crippen LogP contribution in [0.2, 0.25) is 0 Å². The monoisotopic (exact) mass is 509 g/mol. The summed E-state index contributed by atoms with van der Waals surface area (Å²) < 4.78 is 4.85. The number of nitrogens with zero attached hydrogens (tertiary/aromatic N) is 3. The van der Waals surface area contributed by atoms with Crippen LogP contribution < -0.4 is 0 Å². The van der Waals surface area contributed by atoms with Crippen molar-refractivity contribution < 1.29 is 0 Å². The summed E-state index contributed by atoms with van der Waals surface area (Å²) in [5.74, 6) is 0. The fraction of sp³-hybridized carbons (Fsp3) is 0. The van der Waals surface area contributed by atoms with E-state index in [1.54, 1.807) is 0 Å². The van der Waals surface area contributed by atoms with E-state index in [1.165, 1.54) is 59.9 Å². The van der Waals surface area contributed by atoms with Gasteiger partial charge in [-0.3, -0.25) is 4.98 Å². The molecule has 0 atom stereocenters. The van der Waals surface area contributed by atoms with Crippen molar-refractivity contribution in [2.24, 2.45) is 0 Å². The lowest BCUT2D eigenvalue weighted by molar-refractivity contribution is 1.18. The van der Waals surface area contributed by atoms with Crippen molar-refractivity contribution in [2.75, 3.05) is 0 Å². The molecule has 40 heavy (non-hydrogen) atoms. The van der Waals surface area contributed by atoms with Gasteiger partial charge in [0.1, 0.15) is 0 Å². The third-order valence-corrected chi connectivity index (χ3v) is 8.30. The number of pyridine rings is 2. The minimum absolute atomic E-state index is 0.975. The second-order valence-electron chi connectivity index (χ2n) is 10.5. The van der Waals surface area contributed by atoms with Crippen molar-refractivity contribution in [1.82, 2.24) is 14.0 Å². The summed E-state index contributed by atoms with van der Waals surface area (Å²) in [6.45, 7) is 0. The van der Waals surface area contributed by atoms with Crippen molar-refractivity contribution in [3.63, 3.8) is 0 Å². The lowest BCUT2D eigenvalue weighted by atomic mass is 10.1. The molecular weight excluding hydrogens is 486 g/mol. The Morgan fingerprint density at radius 2 is 1.12 bits per heavy atom. The Labute approximate surface area is 230 Å². The summed E-state index contributed by atoms with van der Waals surface area (Å²) in [5, 5.41) is 7.60. The number of fused-ring (bicyclic) bond motifs is 11. The predicted molar refractivity (Wildman–Crippen MR) is 167 cm³/mol. The Morgan fingerprint density at radius 3 is 1.93 bits per heavy atom. The third-order valence-electron chi connectivity index (χ3n) is 8.30. The van der Waals surface area contributed by atoms with E-state index in [4.69, 9.17) is 0 Å². The standard InChI is InChI=1S/C37H23N3/c1-2-14-29-27(12-1)28-13-3-6-18-34(28)40-35-23-37-31(21-25(35)22-36(29)40)30-15-4-5-17-33(30)39(37)26-11-9-10-24(20-26)32-16-7-8-19-38-32/h1-23H. The minimum Gasteiger partial charge on any atom is -0.309 e. The molecule has 0 saturated heterocycles. The molecule has 0 unspecified atom stereocenters. The molecule has 0 aliphatic heterocycles. The molecule has 3 heteroatoms. The summed E-state index contributed by atoms with van der Waals surface area (Å²) in [6.07, 6.45) is 1.85. The van der Waals surface area contributed by atoms with Crippen LogP contribution in [0.25, 0.3) is 76.8 Å². The average Bonchev–Trinajstić information content (AvgIpc) is 3.56. The minimum atomic E-state index is 0.975. The molecule has 9 aromatic rings. The van der Waals surface area contributed by atoms with Gasteiger partial charge in [0.05, 0.1) is 33.3 Å². The van der Waals surface area contributed by atoms with Crippen LogP contribution in [0.5, 0.6) is 0 Å². The summed E-state index contributed by atoms with van der Waals surface area (Å²) in [6, 6.07) is 48.1. The molecule has 0 aliphatic carbocycles. The van der Waals surface area contributed by atoms with Crippen LogP contribution in [0.1, 0.15) is 0 Å². The van der Waals surface area contributed by atoms with E-state index in [1.807, 2.05) is 18.3 Å². The van der Waals surface area contributed by atoms with Gasteiger partial charge < -0.3 is 8.97 Å². The SMILES string of the molecule is c1ccc(-c2cccc(-n3c4ccccc4c4cc5cc6c7ccccc7c7ccccc7n6c5cc43)c2)nc1. The van der Waals surface area contributed by atoms with Crippen LogP contribution in [-0.2, 0) is 0 Å². The van der Waals surface area contributed by atoms with Gasteiger partial charge in [-0.05, 0) is 60.0 Å². The molecule has 3 nitrogen and oxygen atoms in total. The Kier molecular flexibility index (Phi) is 4.33. The fourth-order valence-electron chi connectivity index (χ4n) is 6.58. The highest BCUT2D eigenvalue weighted by atomic mass is 15.0. The van der Waals surface area contributed by atoms with Crippen LogP contribution >= 0.6 is 0 Å². The van der Waals surface area contributed by atoms with Crippen molar-refractivity contribution in [3.8, 4) is 16.9 Å². The highest BCUT2D eigenvalue weighted by molar-refractivity contribution is 6.18. The molecule has 0 spiro atoms. The van der Waals surface area contributed by atoms with Crippen LogP contribution in [0, 0.1) is 0 Å². The number of benzene rings is 5. The molecule has 0 radical (unpaired) electrons. The first-order valence-corrected chi connectivity index (χ1v) is 13.6. The van der Waals surface area contributed by atoms with E-state index >= 15 is 0 Å². The van der Waals surface area contributed by atoms with Crippen molar-refractivity contribution >= 4 is 59.9 Å².